The van der Waals surface area contributed by atoms with Crippen LogP contribution in [-0.2, 0) is 11.2 Å². The molecule has 0 aliphatic heterocycles. The number of benzene rings is 4. The number of amides is 1. The van der Waals surface area contributed by atoms with E-state index in [4.69, 9.17) is 21.1 Å². The Hall–Kier alpha value is -3.68. The van der Waals surface area contributed by atoms with Crippen LogP contribution in [0.15, 0.2) is 88.4 Å². The molecule has 1 amide bonds. The highest BCUT2D eigenvalue weighted by atomic mass is 79.9. The molecule has 0 saturated carbocycles. The molecule has 182 valence electrons. The minimum absolute atomic E-state index is 0.187. The highest BCUT2D eigenvalue weighted by molar-refractivity contribution is 9.10. The number of halogens is 2. The summed E-state index contributed by atoms with van der Waals surface area (Å²) in [7, 11) is 0. The number of fused-ring (bicyclic) bond motifs is 1. The van der Waals surface area contributed by atoms with Crippen molar-refractivity contribution < 1.29 is 19.1 Å². The molecule has 0 aliphatic rings. The maximum Gasteiger partial charge on any atom is 0.345 e. The SMILES string of the molecule is CCOc1cc(/C=N/NC(=O)Cc2ccc(Br)c3ccccc23)ccc1OC(=O)c1ccccc1Cl. The number of carbonyl (C=O) groups excluding carboxylic acids is 2. The van der Waals surface area contributed by atoms with Crippen molar-refractivity contribution in [3.8, 4) is 11.5 Å². The van der Waals surface area contributed by atoms with Crippen molar-refractivity contribution >= 4 is 56.4 Å². The molecule has 8 heteroatoms. The maximum absolute atomic E-state index is 12.5. The first-order valence-electron chi connectivity index (χ1n) is 11.2. The number of nitrogens with zero attached hydrogens (tertiary/aromatic N) is 1. The summed E-state index contributed by atoms with van der Waals surface area (Å²) in [6, 6.07) is 23.4. The summed E-state index contributed by atoms with van der Waals surface area (Å²) >= 11 is 9.64. The first kappa shape index (κ1) is 25.4. The number of esters is 1. The highest BCUT2D eigenvalue weighted by Crippen LogP contribution is 2.30. The lowest BCUT2D eigenvalue weighted by atomic mass is 10.0. The molecule has 6 nitrogen and oxygen atoms in total. The van der Waals surface area contributed by atoms with Crippen molar-refractivity contribution in [3.63, 3.8) is 0 Å². The van der Waals surface area contributed by atoms with Crippen LogP contribution in [-0.4, -0.2) is 24.7 Å². The summed E-state index contributed by atoms with van der Waals surface area (Å²) in [5.41, 5.74) is 4.39. The zero-order chi connectivity index (χ0) is 25.5. The molecule has 0 saturated heterocycles. The normalized spacial score (nSPS) is 11.0. The predicted octanol–water partition coefficient (Wildman–Crippen LogP) is 6.57. The van der Waals surface area contributed by atoms with Gasteiger partial charge in [0.05, 0.1) is 29.8 Å². The third-order valence-electron chi connectivity index (χ3n) is 5.28. The number of ether oxygens (including phenoxy) is 2. The topological polar surface area (TPSA) is 77.0 Å². The maximum atomic E-state index is 12.5. The monoisotopic (exact) mass is 564 g/mol. The minimum atomic E-state index is -0.587. The van der Waals surface area contributed by atoms with Crippen LogP contribution in [0.25, 0.3) is 10.8 Å². The summed E-state index contributed by atoms with van der Waals surface area (Å²) in [6.07, 6.45) is 1.69. The van der Waals surface area contributed by atoms with Crippen molar-refractivity contribution in [2.45, 2.75) is 13.3 Å². The molecule has 0 unspecified atom stereocenters. The average Bonchev–Trinajstić information content (AvgIpc) is 2.88. The molecule has 0 atom stereocenters. The van der Waals surface area contributed by atoms with Gasteiger partial charge in [0, 0.05) is 4.47 Å². The van der Waals surface area contributed by atoms with Gasteiger partial charge in [-0.15, -0.1) is 0 Å². The fourth-order valence-corrected chi connectivity index (χ4v) is 4.30. The molecular formula is C28H22BrClN2O4. The van der Waals surface area contributed by atoms with Crippen LogP contribution in [0.4, 0.5) is 0 Å². The molecule has 0 radical (unpaired) electrons. The van der Waals surface area contributed by atoms with E-state index in [9.17, 15) is 9.59 Å². The van der Waals surface area contributed by atoms with Crippen molar-refractivity contribution in [2.75, 3.05) is 6.61 Å². The van der Waals surface area contributed by atoms with E-state index in [-0.39, 0.29) is 23.6 Å². The van der Waals surface area contributed by atoms with E-state index in [1.54, 1.807) is 42.5 Å². The summed E-state index contributed by atoms with van der Waals surface area (Å²) < 4.78 is 12.1. The van der Waals surface area contributed by atoms with Crippen LogP contribution in [0.1, 0.15) is 28.4 Å². The molecule has 0 spiro atoms. The van der Waals surface area contributed by atoms with Crippen LogP contribution < -0.4 is 14.9 Å². The summed E-state index contributed by atoms with van der Waals surface area (Å²) in [4.78, 5) is 25.0. The molecular weight excluding hydrogens is 544 g/mol. The van der Waals surface area contributed by atoms with Gasteiger partial charge in [0.2, 0.25) is 5.91 Å². The van der Waals surface area contributed by atoms with Gasteiger partial charge in [-0.1, -0.05) is 70.0 Å². The van der Waals surface area contributed by atoms with Gasteiger partial charge in [-0.25, -0.2) is 10.2 Å². The molecule has 0 fully saturated rings. The lowest BCUT2D eigenvalue weighted by Gasteiger charge is -2.12. The van der Waals surface area contributed by atoms with E-state index in [1.807, 2.05) is 43.3 Å². The zero-order valence-electron chi connectivity index (χ0n) is 19.3. The lowest BCUT2D eigenvalue weighted by molar-refractivity contribution is -0.120. The largest absolute Gasteiger partial charge is 0.490 e. The summed E-state index contributed by atoms with van der Waals surface area (Å²) in [5.74, 6) is -0.204. The van der Waals surface area contributed by atoms with Crippen molar-refractivity contribution in [3.05, 3.63) is 105 Å². The first-order chi connectivity index (χ1) is 17.5. The molecule has 1 N–H and O–H groups in total. The Labute approximate surface area is 222 Å². The van der Waals surface area contributed by atoms with Crippen LogP contribution in [0.3, 0.4) is 0 Å². The van der Waals surface area contributed by atoms with Gasteiger partial charge in [0.1, 0.15) is 0 Å². The summed E-state index contributed by atoms with van der Waals surface area (Å²) in [6.45, 7) is 2.20. The number of hydrogen-bond donors (Lipinski definition) is 1. The molecule has 36 heavy (non-hydrogen) atoms. The Morgan fingerprint density at radius 3 is 2.50 bits per heavy atom. The van der Waals surface area contributed by atoms with Gasteiger partial charge in [-0.2, -0.15) is 5.10 Å². The van der Waals surface area contributed by atoms with Gasteiger partial charge >= 0.3 is 5.97 Å². The van der Waals surface area contributed by atoms with Crippen LogP contribution in [0.2, 0.25) is 5.02 Å². The number of carbonyl (C=O) groups is 2. The molecule has 0 heterocycles. The zero-order valence-corrected chi connectivity index (χ0v) is 21.7. The fraction of sp³-hybridized carbons (Fsp3) is 0.107. The van der Waals surface area contributed by atoms with E-state index in [1.165, 1.54) is 6.21 Å². The summed E-state index contributed by atoms with van der Waals surface area (Å²) in [5, 5.41) is 6.43. The third kappa shape index (κ3) is 6.11. The number of rotatable bonds is 8. The van der Waals surface area contributed by atoms with Crippen molar-refractivity contribution in [1.82, 2.24) is 5.43 Å². The van der Waals surface area contributed by atoms with Gasteiger partial charge < -0.3 is 9.47 Å². The fourth-order valence-electron chi connectivity index (χ4n) is 3.61. The Balaban J connectivity index is 1.43. The Morgan fingerprint density at radius 1 is 0.972 bits per heavy atom. The Morgan fingerprint density at radius 2 is 1.72 bits per heavy atom. The Kier molecular flexibility index (Phi) is 8.36. The van der Waals surface area contributed by atoms with E-state index in [0.717, 1.165) is 20.8 Å². The van der Waals surface area contributed by atoms with Gasteiger partial charge in [-0.05, 0) is 65.2 Å². The third-order valence-corrected chi connectivity index (χ3v) is 6.30. The quantitative estimate of drug-likeness (QED) is 0.114. The number of hydrazone groups is 1. The van der Waals surface area contributed by atoms with Gasteiger partial charge in [-0.3, -0.25) is 4.79 Å². The first-order valence-corrected chi connectivity index (χ1v) is 12.3. The molecule has 0 aliphatic carbocycles. The molecule has 0 aromatic heterocycles. The second kappa shape index (κ2) is 11.8. The standard InChI is InChI=1S/C28H22BrClN2O4/c1-2-35-26-15-18(11-14-25(26)36-28(34)22-9-5-6-10-24(22)30)17-31-32-27(33)16-19-12-13-23(29)21-8-4-3-7-20(19)21/h3-15,17H,2,16H2,1H3,(H,32,33)/b31-17+. The van der Waals surface area contributed by atoms with Gasteiger partial charge in [0.15, 0.2) is 11.5 Å². The average molecular weight is 566 g/mol. The molecule has 4 rings (SSSR count). The second-order valence-corrected chi connectivity index (χ2v) is 8.99. The smallest absolute Gasteiger partial charge is 0.345 e. The molecule has 4 aromatic rings. The minimum Gasteiger partial charge on any atom is -0.490 e. The number of nitrogens with one attached hydrogen (secondary N) is 1. The second-order valence-electron chi connectivity index (χ2n) is 7.73. The Bertz CT molecular complexity index is 1450. The highest BCUT2D eigenvalue weighted by Gasteiger charge is 2.15. The van der Waals surface area contributed by atoms with E-state index >= 15 is 0 Å². The van der Waals surface area contributed by atoms with Crippen molar-refractivity contribution in [1.29, 1.82) is 0 Å². The van der Waals surface area contributed by atoms with E-state index in [0.29, 0.717) is 22.9 Å². The lowest BCUT2D eigenvalue weighted by Crippen LogP contribution is -2.20. The molecule has 0 bridgehead atoms. The van der Waals surface area contributed by atoms with E-state index in [2.05, 4.69) is 26.5 Å². The van der Waals surface area contributed by atoms with Crippen LogP contribution >= 0.6 is 27.5 Å². The van der Waals surface area contributed by atoms with Crippen LogP contribution in [0.5, 0.6) is 11.5 Å². The van der Waals surface area contributed by atoms with Crippen LogP contribution in [0, 0.1) is 0 Å². The van der Waals surface area contributed by atoms with Gasteiger partial charge in [0.25, 0.3) is 0 Å². The van der Waals surface area contributed by atoms with Crippen molar-refractivity contribution in [2.24, 2.45) is 5.10 Å². The molecule has 4 aromatic carbocycles. The number of hydrogen-bond acceptors (Lipinski definition) is 5. The van der Waals surface area contributed by atoms with E-state index < -0.39 is 5.97 Å². The predicted molar refractivity (Wildman–Crippen MR) is 145 cm³/mol.